The van der Waals surface area contributed by atoms with Crippen LogP contribution in [0.5, 0.6) is 0 Å². The summed E-state index contributed by atoms with van der Waals surface area (Å²) in [5.41, 5.74) is 3.54. The summed E-state index contributed by atoms with van der Waals surface area (Å²) in [6.07, 6.45) is 3.74. The zero-order valence-electron chi connectivity index (χ0n) is 17.8. The maximum absolute atomic E-state index is 4.72. The van der Waals surface area contributed by atoms with Crippen molar-refractivity contribution in [2.24, 2.45) is 5.10 Å². The first-order chi connectivity index (χ1) is 14.6. The summed E-state index contributed by atoms with van der Waals surface area (Å²) in [5, 5.41) is 14.3. The van der Waals surface area contributed by atoms with Crippen LogP contribution in [0, 0.1) is 0 Å². The van der Waals surface area contributed by atoms with E-state index >= 15 is 0 Å². The average molecular weight is 486 g/mol. The Bertz CT molecular complexity index is 947. The van der Waals surface area contributed by atoms with E-state index in [4.69, 9.17) is 5.10 Å². The minimum atomic E-state index is 0.817. The number of aromatic nitrogens is 3. The zero-order chi connectivity index (χ0) is 21.3. The van der Waals surface area contributed by atoms with Gasteiger partial charge in [-0.15, -0.1) is 10.2 Å². The van der Waals surface area contributed by atoms with Gasteiger partial charge in [0.15, 0.2) is 5.82 Å². The summed E-state index contributed by atoms with van der Waals surface area (Å²) in [5.74, 6) is 1.72. The first-order valence-corrected chi connectivity index (χ1v) is 12.1. The highest BCUT2D eigenvalue weighted by Gasteiger charge is 2.11. The maximum Gasteiger partial charge on any atom is 0.212 e. The molecule has 0 aliphatic heterocycles. The molecule has 0 aliphatic carbocycles. The molecular weight excluding hydrogens is 458 g/mol. The fourth-order valence-electron chi connectivity index (χ4n) is 3.09. The summed E-state index contributed by atoms with van der Waals surface area (Å²) in [7, 11) is 0. The van der Waals surface area contributed by atoms with Crippen molar-refractivity contribution in [1.82, 2.24) is 14.9 Å². The van der Waals surface area contributed by atoms with E-state index in [1.807, 2.05) is 10.9 Å². The summed E-state index contributed by atoms with van der Waals surface area (Å²) < 4.78 is 2.96. The van der Waals surface area contributed by atoms with Gasteiger partial charge in [-0.2, -0.15) is 9.78 Å². The Kier molecular flexibility index (Phi) is 8.51. The van der Waals surface area contributed by atoms with Crippen molar-refractivity contribution in [3.63, 3.8) is 0 Å². The van der Waals surface area contributed by atoms with E-state index in [9.17, 15) is 0 Å². The minimum absolute atomic E-state index is 0.817. The molecule has 1 aromatic heterocycles. The number of hydrogen-bond donors (Lipinski definition) is 0. The van der Waals surface area contributed by atoms with Gasteiger partial charge in [0.05, 0.1) is 6.21 Å². The molecule has 0 amide bonds. The summed E-state index contributed by atoms with van der Waals surface area (Å²) in [6.45, 7) is 8.50. The monoisotopic (exact) mass is 485 g/mol. The van der Waals surface area contributed by atoms with Crippen molar-refractivity contribution in [3.05, 3.63) is 70.0 Å². The first-order valence-electron chi connectivity index (χ1n) is 10.4. The molecule has 3 aromatic rings. The molecule has 0 saturated heterocycles. The van der Waals surface area contributed by atoms with Gasteiger partial charge in [0.1, 0.15) is 0 Å². The zero-order valence-corrected chi connectivity index (χ0v) is 20.2. The number of hydrogen-bond acceptors (Lipinski definition) is 5. The number of halogens is 1. The Morgan fingerprint density at radius 3 is 2.33 bits per heavy atom. The van der Waals surface area contributed by atoms with E-state index in [0.717, 1.165) is 52.7 Å². The van der Waals surface area contributed by atoms with Gasteiger partial charge in [-0.3, -0.25) is 0 Å². The van der Waals surface area contributed by atoms with Gasteiger partial charge < -0.3 is 4.90 Å². The molecule has 158 valence electrons. The third kappa shape index (κ3) is 5.95. The molecule has 1 heterocycles. The molecule has 30 heavy (non-hydrogen) atoms. The minimum Gasteiger partial charge on any atom is -0.372 e. The lowest BCUT2D eigenvalue weighted by atomic mass is 10.2. The number of nitrogens with zero attached hydrogens (tertiary/aromatic N) is 5. The van der Waals surface area contributed by atoms with Gasteiger partial charge in [-0.05, 0) is 55.7 Å². The highest BCUT2D eigenvalue weighted by Crippen LogP contribution is 2.23. The van der Waals surface area contributed by atoms with Crippen LogP contribution in [0.2, 0.25) is 0 Å². The van der Waals surface area contributed by atoms with Crippen LogP contribution in [-0.2, 0) is 12.2 Å². The fourth-order valence-corrected chi connectivity index (χ4v) is 4.22. The van der Waals surface area contributed by atoms with E-state index in [2.05, 4.69) is 100 Å². The van der Waals surface area contributed by atoms with Gasteiger partial charge >= 0.3 is 0 Å². The lowest BCUT2D eigenvalue weighted by Gasteiger charge is -2.20. The van der Waals surface area contributed by atoms with E-state index in [0.29, 0.717) is 0 Å². The molecule has 0 unspecified atom stereocenters. The molecule has 0 saturated carbocycles. The van der Waals surface area contributed by atoms with E-state index in [1.165, 1.54) is 11.3 Å². The van der Waals surface area contributed by atoms with E-state index in [-0.39, 0.29) is 0 Å². The molecule has 0 radical (unpaired) electrons. The summed E-state index contributed by atoms with van der Waals surface area (Å²) >= 11 is 5.14. The van der Waals surface area contributed by atoms with Crippen molar-refractivity contribution in [1.29, 1.82) is 0 Å². The number of thioether (sulfide) groups is 1. The standard InChI is InChI=1S/C23H28BrN5S/c1-4-7-22-26-27-23(30-17-19-8-12-20(24)13-9-19)29(22)25-16-18-10-14-21(15-11-18)28(5-2)6-3/h8-16H,4-7,17H2,1-3H3/b25-16-. The van der Waals surface area contributed by atoms with Crippen LogP contribution in [0.3, 0.4) is 0 Å². The second-order valence-corrected chi connectivity index (χ2v) is 8.74. The van der Waals surface area contributed by atoms with Crippen LogP contribution in [0.1, 0.15) is 44.1 Å². The van der Waals surface area contributed by atoms with Gasteiger partial charge in [-0.25, -0.2) is 0 Å². The first kappa shape index (κ1) is 22.6. The predicted octanol–water partition coefficient (Wildman–Crippen LogP) is 6.01. The summed E-state index contributed by atoms with van der Waals surface area (Å²) in [6, 6.07) is 16.9. The van der Waals surface area contributed by atoms with Crippen LogP contribution in [0.15, 0.2) is 63.3 Å². The highest BCUT2D eigenvalue weighted by atomic mass is 79.9. The molecule has 0 aliphatic rings. The van der Waals surface area contributed by atoms with Crippen LogP contribution in [-0.4, -0.2) is 34.2 Å². The quantitative estimate of drug-likeness (QED) is 0.260. The van der Waals surface area contributed by atoms with Crippen molar-refractivity contribution >= 4 is 39.6 Å². The Morgan fingerprint density at radius 1 is 1.00 bits per heavy atom. The Balaban J connectivity index is 1.76. The molecular formula is C23H28BrN5S. The second kappa shape index (κ2) is 11.3. The Labute approximate surface area is 191 Å². The molecule has 0 N–H and O–H groups in total. The van der Waals surface area contributed by atoms with E-state index < -0.39 is 0 Å². The molecule has 0 spiro atoms. The van der Waals surface area contributed by atoms with Crippen LogP contribution in [0.25, 0.3) is 0 Å². The smallest absolute Gasteiger partial charge is 0.212 e. The van der Waals surface area contributed by atoms with Crippen molar-refractivity contribution in [2.75, 3.05) is 18.0 Å². The molecule has 7 heteroatoms. The largest absolute Gasteiger partial charge is 0.372 e. The maximum atomic E-state index is 4.72. The lowest BCUT2D eigenvalue weighted by molar-refractivity contribution is 0.700. The third-order valence-electron chi connectivity index (χ3n) is 4.78. The van der Waals surface area contributed by atoms with Gasteiger partial charge in [-0.1, -0.05) is 58.9 Å². The Morgan fingerprint density at radius 2 is 1.70 bits per heavy atom. The summed E-state index contributed by atoms with van der Waals surface area (Å²) in [4.78, 5) is 2.33. The fraction of sp³-hybridized carbons (Fsp3) is 0.348. The average Bonchev–Trinajstić information content (AvgIpc) is 3.15. The molecule has 0 bridgehead atoms. The van der Waals surface area contributed by atoms with Crippen molar-refractivity contribution in [2.45, 2.75) is 44.5 Å². The van der Waals surface area contributed by atoms with Gasteiger partial charge in [0, 0.05) is 35.4 Å². The van der Waals surface area contributed by atoms with Crippen LogP contribution >= 0.6 is 27.7 Å². The lowest BCUT2D eigenvalue weighted by Crippen LogP contribution is -2.21. The predicted molar refractivity (Wildman–Crippen MR) is 131 cm³/mol. The molecule has 2 aromatic carbocycles. The van der Waals surface area contributed by atoms with Crippen molar-refractivity contribution < 1.29 is 0 Å². The van der Waals surface area contributed by atoms with E-state index in [1.54, 1.807) is 11.8 Å². The Hall–Kier alpha value is -2.12. The molecule has 5 nitrogen and oxygen atoms in total. The number of anilines is 1. The van der Waals surface area contributed by atoms with Crippen LogP contribution < -0.4 is 4.90 Å². The SMILES string of the molecule is CCCc1nnc(SCc2ccc(Br)cc2)n1/N=C\c1ccc(N(CC)CC)cc1. The second-order valence-electron chi connectivity index (χ2n) is 6.88. The van der Waals surface area contributed by atoms with Crippen LogP contribution in [0.4, 0.5) is 5.69 Å². The molecule has 0 atom stereocenters. The van der Waals surface area contributed by atoms with Crippen molar-refractivity contribution in [3.8, 4) is 0 Å². The number of aryl methyl sites for hydroxylation is 1. The number of rotatable bonds is 10. The molecule has 0 fully saturated rings. The third-order valence-corrected chi connectivity index (χ3v) is 6.29. The highest BCUT2D eigenvalue weighted by molar-refractivity contribution is 9.10. The van der Waals surface area contributed by atoms with Gasteiger partial charge in [0.25, 0.3) is 0 Å². The topological polar surface area (TPSA) is 46.3 Å². The van der Waals surface area contributed by atoms with Gasteiger partial charge in [0.2, 0.25) is 5.16 Å². The normalized spacial score (nSPS) is 11.3. The number of benzene rings is 2. The molecule has 3 rings (SSSR count).